The molecule has 0 saturated heterocycles. The molecule has 4 saturated carbocycles. The predicted octanol–water partition coefficient (Wildman–Crippen LogP) is 5.77. The fourth-order valence-electron chi connectivity index (χ4n) is 6.50. The Kier molecular flexibility index (Phi) is 7.34. The summed E-state index contributed by atoms with van der Waals surface area (Å²) in [4.78, 5) is 28.8. The van der Waals surface area contributed by atoms with Gasteiger partial charge in [0.05, 0.1) is 26.4 Å². The highest BCUT2D eigenvalue weighted by Gasteiger charge is 2.72. The van der Waals surface area contributed by atoms with E-state index in [2.05, 4.69) is 15.0 Å². The zero-order chi connectivity index (χ0) is 30.0. The van der Waals surface area contributed by atoms with Crippen LogP contribution in [0.2, 0.25) is 0 Å². The first kappa shape index (κ1) is 30.0. The Balaban J connectivity index is 1.50. The molecule has 41 heavy (non-hydrogen) atoms. The monoisotopic (exact) mass is 613 g/mol. The van der Waals surface area contributed by atoms with E-state index in [9.17, 15) is 36.3 Å². The first-order chi connectivity index (χ1) is 18.9. The number of aliphatic carboxylic acids is 1. The number of rotatable bonds is 8. The summed E-state index contributed by atoms with van der Waals surface area (Å²) >= 11 is 0.978. The summed E-state index contributed by atoms with van der Waals surface area (Å²) in [5, 5.41) is 12.4. The molecule has 0 atom stereocenters. The third-order valence-electron chi connectivity index (χ3n) is 8.24. The van der Waals surface area contributed by atoms with Crippen molar-refractivity contribution in [2.24, 2.45) is 11.3 Å². The van der Waals surface area contributed by atoms with E-state index in [1.165, 1.54) is 6.07 Å². The molecule has 1 amide bonds. The van der Waals surface area contributed by atoms with Crippen LogP contribution in [-0.4, -0.2) is 41.5 Å². The van der Waals surface area contributed by atoms with Crippen molar-refractivity contribution in [2.75, 3.05) is 0 Å². The molecule has 224 valence electrons. The minimum absolute atomic E-state index is 0.0968. The van der Waals surface area contributed by atoms with Crippen molar-refractivity contribution in [3.8, 4) is 10.4 Å². The van der Waals surface area contributed by atoms with Crippen molar-refractivity contribution in [1.82, 2.24) is 15.0 Å². The van der Waals surface area contributed by atoms with Crippen LogP contribution in [0.25, 0.3) is 10.4 Å². The normalized spacial score (nSPS) is 24.8. The predicted molar refractivity (Wildman–Crippen MR) is 147 cm³/mol. The number of halogens is 3. The van der Waals surface area contributed by atoms with Crippen molar-refractivity contribution in [1.29, 1.82) is 0 Å². The highest BCUT2D eigenvalue weighted by Crippen LogP contribution is 2.67. The largest absolute Gasteiger partial charge is 0.481 e. The molecule has 0 spiro atoms. The highest BCUT2D eigenvalue weighted by molar-refractivity contribution is 7.89. The van der Waals surface area contributed by atoms with Gasteiger partial charge in [0.15, 0.2) is 5.01 Å². The average molecular weight is 614 g/mol. The van der Waals surface area contributed by atoms with Gasteiger partial charge in [0.2, 0.25) is 10.0 Å². The van der Waals surface area contributed by atoms with E-state index in [-0.39, 0.29) is 16.5 Å². The second kappa shape index (κ2) is 10.0. The van der Waals surface area contributed by atoms with E-state index in [4.69, 9.17) is 0 Å². The summed E-state index contributed by atoms with van der Waals surface area (Å²) in [5.41, 5.74) is -2.97. The summed E-state index contributed by atoms with van der Waals surface area (Å²) in [6, 6.07) is 3.13. The van der Waals surface area contributed by atoms with Crippen LogP contribution in [0.4, 0.5) is 13.2 Å². The van der Waals surface area contributed by atoms with Crippen LogP contribution in [0.5, 0.6) is 0 Å². The first-order valence-electron chi connectivity index (χ1n) is 13.7. The quantitative estimate of drug-likeness (QED) is 0.347. The molecule has 0 unspecified atom stereocenters. The van der Waals surface area contributed by atoms with E-state index in [1.807, 2.05) is 0 Å². The second-order valence-corrected chi connectivity index (χ2v) is 15.6. The minimum Gasteiger partial charge on any atom is -0.481 e. The molecule has 4 fully saturated rings. The molecule has 4 aliphatic carbocycles. The molecule has 1 aromatic heterocycles. The van der Waals surface area contributed by atoms with Crippen LogP contribution in [0.3, 0.4) is 0 Å². The number of hydrogen-bond donors (Lipinski definition) is 3. The van der Waals surface area contributed by atoms with Gasteiger partial charge in [-0.15, -0.1) is 11.3 Å². The SMILES string of the molecule is CC(C)(C)NS(=O)(=O)c1ccc(-c2sc(C(=O)NC34CC(C(=O)O)(C3)C4)nc2CC2CCCCC2)cc1C(F)(F)F. The van der Waals surface area contributed by atoms with Crippen molar-refractivity contribution >= 4 is 33.2 Å². The van der Waals surface area contributed by atoms with Crippen LogP contribution in [-0.2, 0) is 27.4 Å². The van der Waals surface area contributed by atoms with Crippen LogP contribution >= 0.6 is 11.3 Å². The standard InChI is InChI=1S/C28H34F3N3O5S2/c1-25(2,3)34-41(38,39)20-10-9-17(12-18(20)28(29,30)31)21-19(11-16-7-5-4-6-8-16)32-23(40-21)22(35)33-27-13-26(14-27,15-27)24(36)37/h9-10,12,16,34H,4-8,11,13-15H2,1-3H3,(H,33,35)(H,36,37). The number of nitrogens with zero attached hydrogens (tertiary/aromatic N) is 1. The number of carbonyl (C=O) groups is 2. The Bertz CT molecular complexity index is 1470. The highest BCUT2D eigenvalue weighted by atomic mass is 32.2. The van der Waals surface area contributed by atoms with Crippen molar-refractivity contribution in [2.45, 2.75) is 101 Å². The molecule has 6 rings (SSSR count). The number of hydrogen-bond acceptors (Lipinski definition) is 6. The Hall–Kier alpha value is -2.51. The number of aromatic nitrogens is 1. The lowest BCUT2D eigenvalue weighted by Crippen LogP contribution is -2.77. The summed E-state index contributed by atoms with van der Waals surface area (Å²) < 4.78 is 70.8. The Morgan fingerprint density at radius 3 is 2.29 bits per heavy atom. The van der Waals surface area contributed by atoms with Gasteiger partial charge in [-0.1, -0.05) is 38.2 Å². The number of carboxylic acid groups (broad SMARTS) is 1. The molecule has 8 nitrogen and oxygen atoms in total. The van der Waals surface area contributed by atoms with Crippen molar-refractivity contribution < 1.29 is 36.3 Å². The molecule has 3 N–H and O–H groups in total. The fraction of sp³-hybridized carbons (Fsp3) is 0.607. The van der Waals surface area contributed by atoms with Gasteiger partial charge in [0.25, 0.3) is 5.91 Å². The number of sulfonamides is 1. The second-order valence-electron chi connectivity index (χ2n) is 12.9. The molecule has 1 aromatic carbocycles. The molecule has 0 radical (unpaired) electrons. The van der Waals surface area contributed by atoms with Gasteiger partial charge in [-0.2, -0.15) is 13.2 Å². The molecule has 4 aliphatic rings. The maximum Gasteiger partial charge on any atom is 0.417 e. The number of carboxylic acids is 1. The van der Waals surface area contributed by atoms with Crippen LogP contribution in [0.1, 0.15) is 93.2 Å². The zero-order valence-corrected chi connectivity index (χ0v) is 24.8. The maximum atomic E-state index is 14.2. The third kappa shape index (κ3) is 5.90. The minimum atomic E-state index is -4.95. The van der Waals surface area contributed by atoms with E-state index < -0.39 is 55.0 Å². The summed E-state index contributed by atoms with van der Waals surface area (Å²) in [7, 11) is -4.48. The summed E-state index contributed by atoms with van der Waals surface area (Å²) in [6.45, 7) is 4.63. The lowest BCUT2D eigenvalue weighted by atomic mass is 9.39. The van der Waals surface area contributed by atoms with Crippen molar-refractivity contribution in [3.63, 3.8) is 0 Å². The van der Waals surface area contributed by atoms with Gasteiger partial charge in [-0.3, -0.25) is 9.59 Å². The van der Waals surface area contributed by atoms with Gasteiger partial charge in [0.1, 0.15) is 0 Å². The number of thiazole rings is 1. The average Bonchev–Trinajstić information content (AvgIpc) is 3.22. The number of alkyl halides is 3. The van der Waals surface area contributed by atoms with E-state index in [1.54, 1.807) is 20.8 Å². The Morgan fingerprint density at radius 2 is 1.73 bits per heavy atom. The number of amides is 1. The van der Waals surface area contributed by atoms with Gasteiger partial charge < -0.3 is 10.4 Å². The molecule has 2 bridgehead atoms. The summed E-state index contributed by atoms with van der Waals surface area (Å²) in [6.07, 6.45) is 1.75. The Labute approximate surface area is 241 Å². The number of carbonyl (C=O) groups excluding carboxylic acids is 1. The smallest absolute Gasteiger partial charge is 0.417 e. The molecule has 13 heteroatoms. The topological polar surface area (TPSA) is 125 Å². The Morgan fingerprint density at radius 1 is 1.10 bits per heavy atom. The number of benzene rings is 1. The van der Waals surface area contributed by atoms with E-state index in [0.717, 1.165) is 55.6 Å². The first-order valence-corrected chi connectivity index (χ1v) is 16.0. The van der Waals surface area contributed by atoms with Gasteiger partial charge in [0, 0.05) is 11.1 Å². The molecule has 1 heterocycles. The van der Waals surface area contributed by atoms with Crippen molar-refractivity contribution in [3.05, 3.63) is 34.5 Å². The molecular weight excluding hydrogens is 579 g/mol. The van der Waals surface area contributed by atoms with Gasteiger partial charge in [-0.25, -0.2) is 18.1 Å². The van der Waals surface area contributed by atoms with E-state index in [0.29, 0.717) is 36.3 Å². The lowest BCUT2D eigenvalue weighted by Gasteiger charge is -2.67. The van der Waals surface area contributed by atoms with Crippen LogP contribution < -0.4 is 10.0 Å². The maximum absolute atomic E-state index is 14.2. The zero-order valence-electron chi connectivity index (χ0n) is 23.2. The number of nitrogens with one attached hydrogen (secondary N) is 2. The van der Waals surface area contributed by atoms with Crippen LogP contribution in [0.15, 0.2) is 23.1 Å². The third-order valence-corrected chi connectivity index (χ3v) is 11.2. The van der Waals surface area contributed by atoms with Gasteiger partial charge >= 0.3 is 12.1 Å². The molecule has 0 aliphatic heterocycles. The van der Waals surface area contributed by atoms with Gasteiger partial charge in [-0.05, 0) is 70.1 Å². The molecular formula is C28H34F3N3O5S2. The fourth-order valence-corrected chi connectivity index (χ4v) is 9.12. The van der Waals surface area contributed by atoms with E-state index >= 15 is 0 Å². The molecule has 2 aromatic rings. The van der Waals surface area contributed by atoms with Crippen LogP contribution in [0, 0.1) is 11.3 Å². The summed E-state index contributed by atoms with van der Waals surface area (Å²) in [5.74, 6) is -1.07. The lowest BCUT2D eigenvalue weighted by molar-refractivity contribution is -0.196.